The zero-order valence-electron chi connectivity index (χ0n) is 7.49. The molecule has 0 radical (unpaired) electrons. The lowest BCUT2D eigenvalue weighted by Gasteiger charge is -1.98. The maximum Gasteiger partial charge on any atom is 0.134 e. The Balaban J connectivity index is 2.42. The van der Waals surface area contributed by atoms with Gasteiger partial charge in [0, 0.05) is 5.39 Å². The Morgan fingerprint density at radius 2 is 2.23 bits per heavy atom. The van der Waals surface area contributed by atoms with Crippen LogP contribution in [0.1, 0.15) is 12.0 Å². The summed E-state index contributed by atoms with van der Waals surface area (Å²) in [6, 6.07) is 8.19. The average molecular weight is 172 g/mol. The van der Waals surface area contributed by atoms with Gasteiger partial charge in [0.25, 0.3) is 0 Å². The molecule has 0 aliphatic rings. The SMILES string of the molecule is C=CCCc1cccc2occc12. The predicted octanol–water partition coefficient (Wildman–Crippen LogP) is 3.55. The lowest BCUT2D eigenvalue weighted by Crippen LogP contribution is -1.82. The summed E-state index contributed by atoms with van der Waals surface area (Å²) < 4.78 is 5.31. The normalized spacial score (nSPS) is 10.5. The summed E-state index contributed by atoms with van der Waals surface area (Å²) in [5.74, 6) is 0. The van der Waals surface area contributed by atoms with Crippen molar-refractivity contribution in [3.8, 4) is 0 Å². The van der Waals surface area contributed by atoms with E-state index in [1.165, 1.54) is 10.9 Å². The maximum atomic E-state index is 5.31. The van der Waals surface area contributed by atoms with Crippen LogP contribution in [0.3, 0.4) is 0 Å². The maximum absolute atomic E-state index is 5.31. The number of aryl methyl sites for hydroxylation is 1. The fourth-order valence-corrected chi connectivity index (χ4v) is 1.53. The number of rotatable bonds is 3. The highest BCUT2D eigenvalue weighted by Gasteiger charge is 2.01. The minimum absolute atomic E-state index is 0.974. The first-order valence-electron chi connectivity index (χ1n) is 4.48. The summed E-state index contributed by atoms with van der Waals surface area (Å²) in [5.41, 5.74) is 2.31. The molecule has 13 heavy (non-hydrogen) atoms. The van der Waals surface area contributed by atoms with E-state index in [1.54, 1.807) is 6.26 Å². The van der Waals surface area contributed by atoms with E-state index in [9.17, 15) is 0 Å². The average Bonchev–Trinajstić information content (AvgIpc) is 2.62. The van der Waals surface area contributed by atoms with Crippen LogP contribution < -0.4 is 0 Å². The Labute approximate surface area is 77.7 Å². The molecule has 66 valence electrons. The molecule has 0 spiro atoms. The Morgan fingerprint density at radius 3 is 3.08 bits per heavy atom. The van der Waals surface area contributed by atoms with Gasteiger partial charge in [-0.3, -0.25) is 0 Å². The first kappa shape index (κ1) is 8.11. The van der Waals surface area contributed by atoms with Gasteiger partial charge in [-0.1, -0.05) is 18.2 Å². The van der Waals surface area contributed by atoms with Crippen molar-refractivity contribution in [2.75, 3.05) is 0 Å². The molecule has 0 aliphatic heterocycles. The molecule has 0 saturated carbocycles. The van der Waals surface area contributed by atoms with Crippen molar-refractivity contribution in [2.45, 2.75) is 12.8 Å². The van der Waals surface area contributed by atoms with Crippen molar-refractivity contribution in [1.82, 2.24) is 0 Å². The highest BCUT2D eigenvalue weighted by Crippen LogP contribution is 2.20. The fraction of sp³-hybridized carbons (Fsp3) is 0.167. The molecule has 0 N–H and O–H groups in total. The van der Waals surface area contributed by atoms with Crippen LogP contribution in [0.5, 0.6) is 0 Å². The Bertz CT molecular complexity index is 412. The van der Waals surface area contributed by atoms with E-state index in [2.05, 4.69) is 12.6 Å². The Hall–Kier alpha value is -1.50. The third kappa shape index (κ3) is 1.50. The summed E-state index contributed by atoms with van der Waals surface area (Å²) in [6.07, 6.45) is 5.74. The van der Waals surface area contributed by atoms with E-state index in [-0.39, 0.29) is 0 Å². The molecule has 0 atom stereocenters. The Kier molecular flexibility index (Phi) is 2.17. The fourth-order valence-electron chi connectivity index (χ4n) is 1.53. The van der Waals surface area contributed by atoms with Gasteiger partial charge >= 0.3 is 0 Å². The van der Waals surface area contributed by atoms with E-state index in [0.717, 1.165) is 18.4 Å². The molecule has 1 nitrogen and oxygen atoms in total. The molecule has 0 unspecified atom stereocenters. The molecule has 0 fully saturated rings. The molecular weight excluding hydrogens is 160 g/mol. The standard InChI is InChI=1S/C12H12O/c1-2-3-5-10-6-4-7-12-11(10)8-9-13-12/h2,4,6-9H,1,3,5H2. The molecule has 1 aromatic heterocycles. The van der Waals surface area contributed by atoms with Crippen LogP contribution in [0.25, 0.3) is 11.0 Å². The van der Waals surface area contributed by atoms with Gasteiger partial charge in [0.15, 0.2) is 0 Å². The molecule has 2 aromatic rings. The second-order valence-electron chi connectivity index (χ2n) is 3.08. The molecule has 1 aromatic carbocycles. The summed E-state index contributed by atoms with van der Waals surface area (Å²) in [7, 11) is 0. The van der Waals surface area contributed by atoms with Crippen LogP contribution in [0, 0.1) is 0 Å². The molecule has 0 saturated heterocycles. The van der Waals surface area contributed by atoms with Crippen molar-refractivity contribution in [3.05, 3.63) is 48.7 Å². The van der Waals surface area contributed by atoms with E-state index in [1.807, 2.05) is 24.3 Å². The van der Waals surface area contributed by atoms with Gasteiger partial charge in [0.1, 0.15) is 5.58 Å². The predicted molar refractivity (Wildman–Crippen MR) is 54.7 cm³/mol. The molecule has 0 amide bonds. The van der Waals surface area contributed by atoms with Crippen LogP contribution in [-0.2, 0) is 6.42 Å². The number of furan rings is 1. The van der Waals surface area contributed by atoms with Crippen LogP contribution in [0.2, 0.25) is 0 Å². The highest BCUT2D eigenvalue weighted by molar-refractivity contribution is 5.80. The number of allylic oxidation sites excluding steroid dienone is 1. The van der Waals surface area contributed by atoms with Crippen LogP contribution >= 0.6 is 0 Å². The smallest absolute Gasteiger partial charge is 0.134 e. The number of benzene rings is 1. The zero-order valence-corrected chi connectivity index (χ0v) is 7.49. The number of hydrogen-bond donors (Lipinski definition) is 0. The van der Waals surface area contributed by atoms with Crippen molar-refractivity contribution in [1.29, 1.82) is 0 Å². The minimum Gasteiger partial charge on any atom is -0.464 e. The van der Waals surface area contributed by atoms with Gasteiger partial charge in [-0.25, -0.2) is 0 Å². The summed E-state index contributed by atoms with van der Waals surface area (Å²) in [4.78, 5) is 0. The van der Waals surface area contributed by atoms with Crippen molar-refractivity contribution >= 4 is 11.0 Å². The monoisotopic (exact) mass is 172 g/mol. The highest BCUT2D eigenvalue weighted by atomic mass is 16.3. The van der Waals surface area contributed by atoms with Gasteiger partial charge in [-0.05, 0) is 30.5 Å². The summed E-state index contributed by atoms with van der Waals surface area (Å²) in [5, 5.41) is 1.23. The van der Waals surface area contributed by atoms with E-state index in [4.69, 9.17) is 4.42 Å². The van der Waals surface area contributed by atoms with E-state index < -0.39 is 0 Å². The van der Waals surface area contributed by atoms with E-state index in [0.29, 0.717) is 0 Å². The van der Waals surface area contributed by atoms with Crippen molar-refractivity contribution in [3.63, 3.8) is 0 Å². The van der Waals surface area contributed by atoms with Gasteiger partial charge in [0.05, 0.1) is 6.26 Å². The van der Waals surface area contributed by atoms with Gasteiger partial charge in [-0.15, -0.1) is 6.58 Å². The first-order valence-corrected chi connectivity index (χ1v) is 4.48. The lowest BCUT2D eigenvalue weighted by molar-refractivity contribution is 0.615. The first-order chi connectivity index (χ1) is 6.42. The number of hydrogen-bond acceptors (Lipinski definition) is 1. The molecule has 0 bridgehead atoms. The molecular formula is C12H12O. The van der Waals surface area contributed by atoms with Crippen LogP contribution in [0.15, 0.2) is 47.6 Å². The largest absolute Gasteiger partial charge is 0.464 e. The quantitative estimate of drug-likeness (QED) is 0.645. The molecule has 2 rings (SSSR count). The zero-order chi connectivity index (χ0) is 9.10. The molecule has 0 aliphatic carbocycles. The van der Waals surface area contributed by atoms with Crippen LogP contribution in [0.4, 0.5) is 0 Å². The second-order valence-corrected chi connectivity index (χ2v) is 3.08. The third-order valence-electron chi connectivity index (χ3n) is 2.20. The van der Waals surface area contributed by atoms with Gasteiger partial charge < -0.3 is 4.42 Å². The van der Waals surface area contributed by atoms with Gasteiger partial charge in [-0.2, -0.15) is 0 Å². The third-order valence-corrected chi connectivity index (χ3v) is 2.20. The van der Waals surface area contributed by atoms with Gasteiger partial charge in [0.2, 0.25) is 0 Å². The van der Waals surface area contributed by atoms with Crippen molar-refractivity contribution in [2.24, 2.45) is 0 Å². The topological polar surface area (TPSA) is 13.1 Å². The lowest BCUT2D eigenvalue weighted by atomic mass is 10.1. The van der Waals surface area contributed by atoms with Crippen LogP contribution in [-0.4, -0.2) is 0 Å². The minimum atomic E-state index is 0.974. The Morgan fingerprint density at radius 1 is 1.31 bits per heavy atom. The molecule has 1 heterocycles. The summed E-state index contributed by atoms with van der Waals surface area (Å²) >= 11 is 0. The van der Waals surface area contributed by atoms with Crippen molar-refractivity contribution < 1.29 is 4.42 Å². The molecule has 1 heteroatoms. The summed E-state index contributed by atoms with van der Waals surface area (Å²) in [6.45, 7) is 3.72. The van der Waals surface area contributed by atoms with E-state index >= 15 is 0 Å². The second kappa shape index (κ2) is 3.48. The number of fused-ring (bicyclic) bond motifs is 1.